The zero-order valence-corrected chi connectivity index (χ0v) is 17.8. The van der Waals surface area contributed by atoms with E-state index in [2.05, 4.69) is 10.3 Å². The monoisotopic (exact) mass is 434 g/mol. The molecular formula is C20H19ClN2O5S. The summed E-state index contributed by atoms with van der Waals surface area (Å²) in [6, 6.07) is 6.79. The number of furan rings is 1. The summed E-state index contributed by atoms with van der Waals surface area (Å²) in [4.78, 5) is 30.0. The standard InChI is InChI=1S/C20H19ClN2O5S/c1-10-8-14(16(26-4)9-13(10)21)22-18(24)11(2)28-20(25)17-12(3)29-19(23-17)15-6-5-7-27-15/h5-9,11H,1-4H3,(H,22,24). The van der Waals surface area contributed by atoms with Gasteiger partial charge in [0, 0.05) is 16.0 Å². The zero-order valence-electron chi connectivity index (χ0n) is 16.2. The van der Waals surface area contributed by atoms with Gasteiger partial charge in [-0.3, -0.25) is 4.79 Å². The lowest BCUT2D eigenvalue weighted by Crippen LogP contribution is -2.30. The van der Waals surface area contributed by atoms with Crippen LogP contribution in [0, 0.1) is 13.8 Å². The number of hydrogen-bond acceptors (Lipinski definition) is 7. The van der Waals surface area contributed by atoms with Crippen LogP contribution in [0.25, 0.3) is 10.8 Å². The highest BCUT2D eigenvalue weighted by Crippen LogP contribution is 2.31. The highest BCUT2D eigenvalue weighted by atomic mass is 35.5. The quantitative estimate of drug-likeness (QED) is 0.557. The van der Waals surface area contributed by atoms with E-state index >= 15 is 0 Å². The third kappa shape index (κ3) is 4.60. The minimum absolute atomic E-state index is 0.154. The summed E-state index contributed by atoms with van der Waals surface area (Å²) in [5.41, 5.74) is 1.36. The summed E-state index contributed by atoms with van der Waals surface area (Å²) in [7, 11) is 1.47. The zero-order chi connectivity index (χ0) is 21.1. The number of ether oxygens (including phenoxy) is 2. The SMILES string of the molecule is COc1cc(Cl)c(C)cc1NC(=O)C(C)OC(=O)c1nc(-c2ccco2)sc1C. The molecule has 0 aliphatic heterocycles. The van der Waals surface area contributed by atoms with E-state index in [4.69, 9.17) is 25.5 Å². The molecule has 1 atom stereocenters. The van der Waals surface area contributed by atoms with E-state index in [0.717, 1.165) is 5.56 Å². The van der Waals surface area contributed by atoms with Gasteiger partial charge < -0.3 is 19.2 Å². The van der Waals surface area contributed by atoms with E-state index < -0.39 is 18.0 Å². The molecule has 7 nitrogen and oxygen atoms in total. The Bertz CT molecular complexity index is 1050. The van der Waals surface area contributed by atoms with Crippen molar-refractivity contribution in [1.82, 2.24) is 4.98 Å². The van der Waals surface area contributed by atoms with Crippen molar-refractivity contribution in [2.24, 2.45) is 0 Å². The van der Waals surface area contributed by atoms with Crippen molar-refractivity contribution in [3.63, 3.8) is 0 Å². The highest BCUT2D eigenvalue weighted by Gasteiger charge is 2.24. The van der Waals surface area contributed by atoms with Gasteiger partial charge in [-0.2, -0.15) is 0 Å². The number of nitrogens with zero attached hydrogens (tertiary/aromatic N) is 1. The van der Waals surface area contributed by atoms with E-state index in [-0.39, 0.29) is 5.69 Å². The lowest BCUT2D eigenvalue weighted by molar-refractivity contribution is -0.123. The molecule has 152 valence electrons. The van der Waals surface area contributed by atoms with Crippen LogP contribution in [0.15, 0.2) is 34.9 Å². The molecule has 9 heteroatoms. The fraction of sp³-hybridized carbons (Fsp3) is 0.250. The molecule has 1 amide bonds. The second kappa shape index (κ2) is 8.67. The van der Waals surface area contributed by atoms with Crippen LogP contribution < -0.4 is 10.1 Å². The van der Waals surface area contributed by atoms with Gasteiger partial charge in [0.25, 0.3) is 5.91 Å². The van der Waals surface area contributed by atoms with Gasteiger partial charge in [-0.15, -0.1) is 11.3 Å². The highest BCUT2D eigenvalue weighted by molar-refractivity contribution is 7.15. The topological polar surface area (TPSA) is 90.7 Å². The van der Waals surface area contributed by atoms with Gasteiger partial charge in [0.2, 0.25) is 0 Å². The average Bonchev–Trinajstić information content (AvgIpc) is 3.33. The molecule has 0 aliphatic rings. The van der Waals surface area contributed by atoms with Crippen LogP contribution in [0.3, 0.4) is 0 Å². The summed E-state index contributed by atoms with van der Waals surface area (Å²) in [5.74, 6) is -0.213. The number of anilines is 1. The normalized spacial score (nSPS) is 11.8. The van der Waals surface area contributed by atoms with Crippen LogP contribution in [0.1, 0.15) is 27.9 Å². The van der Waals surface area contributed by atoms with E-state index in [1.165, 1.54) is 31.6 Å². The van der Waals surface area contributed by atoms with Gasteiger partial charge in [0.05, 0.1) is 19.1 Å². The van der Waals surface area contributed by atoms with Crippen molar-refractivity contribution in [3.05, 3.63) is 51.7 Å². The van der Waals surface area contributed by atoms with Crippen molar-refractivity contribution in [1.29, 1.82) is 0 Å². The molecule has 0 radical (unpaired) electrons. The van der Waals surface area contributed by atoms with Crippen LogP contribution in [0.4, 0.5) is 5.69 Å². The third-order valence-electron chi connectivity index (χ3n) is 4.11. The minimum Gasteiger partial charge on any atom is -0.495 e. The molecule has 29 heavy (non-hydrogen) atoms. The van der Waals surface area contributed by atoms with Gasteiger partial charge in [-0.1, -0.05) is 11.6 Å². The molecule has 0 saturated carbocycles. The summed E-state index contributed by atoms with van der Waals surface area (Å²) in [6.07, 6.45) is 0.486. The molecule has 1 unspecified atom stereocenters. The second-order valence-electron chi connectivity index (χ2n) is 6.24. The summed E-state index contributed by atoms with van der Waals surface area (Å²) >= 11 is 7.39. The molecule has 1 N–H and O–H groups in total. The number of methoxy groups -OCH3 is 1. The average molecular weight is 435 g/mol. The lowest BCUT2D eigenvalue weighted by Gasteiger charge is -2.16. The smallest absolute Gasteiger partial charge is 0.358 e. The number of halogens is 1. The van der Waals surface area contributed by atoms with Crippen molar-refractivity contribution in [2.75, 3.05) is 12.4 Å². The molecule has 0 aliphatic carbocycles. The minimum atomic E-state index is -1.05. The summed E-state index contributed by atoms with van der Waals surface area (Å²) < 4.78 is 15.9. The van der Waals surface area contributed by atoms with Crippen LogP contribution in [-0.4, -0.2) is 30.1 Å². The maximum atomic E-state index is 12.5. The molecule has 2 aromatic heterocycles. The van der Waals surface area contributed by atoms with Crippen molar-refractivity contribution in [2.45, 2.75) is 26.9 Å². The summed E-state index contributed by atoms with van der Waals surface area (Å²) in [6.45, 7) is 5.05. The first-order chi connectivity index (χ1) is 13.8. The number of rotatable bonds is 6. The first-order valence-corrected chi connectivity index (χ1v) is 9.87. The Morgan fingerprint density at radius 3 is 2.72 bits per heavy atom. The number of thiazole rings is 1. The summed E-state index contributed by atoms with van der Waals surface area (Å²) in [5, 5.41) is 3.78. The van der Waals surface area contributed by atoms with Crippen LogP contribution in [0.2, 0.25) is 5.02 Å². The number of carbonyl (C=O) groups excluding carboxylic acids is 2. The maximum absolute atomic E-state index is 12.5. The Kier molecular flexibility index (Phi) is 6.24. The van der Waals surface area contributed by atoms with Crippen molar-refractivity contribution < 1.29 is 23.5 Å². The molecule has 0 saturated heterocycles. The van der Waals surface area contributed by atoms with Gasteiger partial charge in [-0.25, -0.2) is 9.78 Å². The van der Waals surface area contributed by atoms with E-state index in [9.17, 15) is 9.59 Å². The van der Waals surface area contributed by atoms with Gasteiger partial charge in [-0.05, 0) is 44.5 Å². The first kappa shape index (κ1) is 20.9. The number of aromatic nitrogens is 1. The van der Waals surface area contributed by atoms with Crippen LogP contribution >= 0.6 is 22.9 Å². The number of carbonyl (C=O) groups is 2. The van der Waals surface area contributed by atoms with Crippen molar-refractivity contribution >= 4 is 40.5 Å². The van der Waals surface area contributed by atoms with Gasteiger partial charge in [0.1, 0.15) is 5.75 Å². The van der Waals surface area contributed by atoms with E-state index in [0.29, 0.717) is 32.1 Å². The molecular weight excluding hydrogens is 416 g/mol. The van der Waals surface area contributed by atoms with Crippen LogP contribution in [0.5, 0.6) is 5.75 Å². The number of hydrogen-bond donors (Lipinski definition) is 1. The van der Waals surface area contributed by atoms with Crippen molar-refractivity contribution in [3.8, 4) is 16.5 Å². The predicted molar refractivity (Wildman–Crippen MR) is 111 cm³/mol. The third-order valence-corrected chi connectivity index (χ3v) is 5.51. The van der Waals surface area contributed by atoms with Gasteiger partial charge >= 0.3 is 5.97 Å². The van der Waals surface area contributed by atoms with Crippen LogP contribution in [-0.2, 0) is 9.53 Å². The number of esters is 1. The molecule has 1 aromatic carbocycles. The Morgan fingerprint density at radius 2 is 2.07 bits per heavy atom. The molecule has 2 heterocycles. The second-order valence-corrected chi connectivity index (χ2v) is 7.85. The molecule has 0 fully saturated rings. The number of aryl methyl sites for hydroxylation is 2. The van der Waals surface area contributed by atoms with E-state index in [1.54, 1.807) is 31.2 Å². The fourth-order valence-corrected chi connectivity index (χ4v) is 3.55. The number of nitrogens with one attached hydrogen (secondary N) is 1. The number of amides is 1. The van der Waals surface area contributed by atoms with E-state index in [1.807, 2.05) is 6.92 Å². The predicted octanol–water partition coefficient (Wildman–Crippen LogP) is 4.87. The molecule has 0 bridgehead atoms. The molecule has 3 aromatic rings. The Morgan fingerprint density at radius 1 is 1.31 bits per heavy atom. The molecule has 0 spiro atoms. The Hall–Kier alpha value is -2.84. The Labute approximate surface area is 176 Å². The number of benzene rings is 1. The molecule has 3 rings (SSSR count). The Balaban J connectivity index is 1.70. The fourth-order valence-electron chi connectivity index (χ4n) is 2.53. The maximum Gasteiger partial charge on any atom is 0.358 e. The lowest BCUT2D eigenvalue weighted by atomic mass is 10.2. The largest absolute Gasteiger partial charge is 0.495 e. The van der Waals surface area contributed by atoms with Gasteiger partial charge in [0.15, 0.2) is 22.6 Å². The first-order valence-electron chi connectivity index (χ1n) is 8.67.